The van der Waals surface area contributed by atoms with E-state index in [0.717, 1.165) is 16.3 Å². The van der Waals surface area contributed by atoms with Crippen molar-refractivity contribution in [2.45, 2.75) is 0 Å². The van der Waals surface area contributed by atoms with Crippen LogP contribution in [0.5, 0.6) is 0 Å². The van der Waals surface area contributed by atoms with E-state index in [4.69, 9.17) is 11.1 Å². The molecule has 0 saturated carbocycles. The largest absolute Gasteiger partial charge is 0.382 e. The summed E-state index contributed by atoms with van der Waals surface area (Å²) in [6, 6.07) is 13.8. The summed E-state index contributed by atoms with van der Waals surface area (Å²) < 4.78 is 4.69. The molecule has 1 aromatic heterocycles. The van der Waals surface area contributed by atoms with Gasteiger partial charge in [-0.3, -0.25) is 5.41 Å². The average molecular weight is 238 g/mol. The molecule has 5 heteroatoms. The van der Waals surface area contributed by atoms with E-state index in [1.807, 2.05) is 42.5 Å². The summed E-state index contributed by atoms with van der Waals surface area (Å²) in [7, 11) is 0. The maximum Gasteiger partial charge on any atom is 0.177 e. The van der Waals surface area contributed by atoms with E-state index in [0.29, 0.717) is 5.69 Å². The quantitative estimate of drug-likeness (QED) is 0.529. The molecule has 3 N–H and O–H groups in total. The van der Waals surface area contributed by atoms with Crippen molar-refractivity contribution in [3.8, 4) is 11.3 Å². The van der Waals surface area contributed by atoms with Crippen LogP contribution < -0.4 is 5.73 Å². The highest BCUT2D eigenvalue weighted by atomic mass is 16.6. The number of rotatable bonds is 2. The predicted molar refractivity (Wildman–Crippen MR) is 68.3 cm³/mol. The van der Waals surface area contributed by atoms with Crippen LogP contribution in [0.3, 0.4) is 0 Å². The van der Waals surface area contributed by atoms with Gasteiger partial charge >= 0.3 is 0 Å². The first-order chi connectivity index (χ1) is 8.77. The number of nitrogens with one attached hydrogen (secondary N) is 1. The number of nitrogen functional groups attached to an aromatic ring is 1. The van der Waals surface area contributed by atoms with Crippen LogP contribution in [0.1, 0.15) is 5.69 Å². The third-order valence-corrected chi connectivity index (χ3v) is 2.79. The van der Waals surface area contributed by atoms with Gasteiger partial charge in [0, 0.05) is 5.56 Å². The number of amidine groups is 1. The van der Waals surface area contributed by atoms with Crippen molar-refractivity contribution in [3.05, 3.63) is 48.2 Å². The minimum Gasteiger partial charge on any atom is -0.382 e. The SMILES string of the molecule is N=C(N)c1nonc1-c1cccc2ccccc12. The van der Waals surface area contributed by atoms with Gasteiger partial charge in [0.1, 0.15) is 11.5 Å². The fraction of sp³-hybridized carbons (Fsp3) is 0. The third-order valence-electron chi connectivity index (χ3n) is 2.79. The number of hydrogen-bond donors (Lipinski definition) is 2. The van der Waals surface area contributed by atoms with Gasteiger partial charge in [-0.25, -0.2) is 4.63 Å². The molecule has 0 atom stereocenters. The molecule has 0 aliphatic carbocycles. The van der Waals surface area contributed by atoms with Crippen molar-refractivity contribution in [2.24, 2.45) is 5.73 Å². The van der Waals surface area contributed by atoms with Gasteiger partial charge in [0.05, 0.1) is 0 Å². The minimum atomic E-state index is -0.154. The number of nitrogens with two attached hydrogens (primary N) is 1. The van der Waals surface area contributed by atoms with Crippen LogP contribution in [0.4, 0.5) is 0 Å². The molecule has 0 amide bonds. The molecule has 0 spiro atoms. The summed E-state index contributed by atoms with van der Waals surface area (Å²) in [4.78, 5) is 0. The average Bonchev–Trinajstić information content (AvgIpc) is 2.87. The first-order valence-corrected chi connectivity index (χ1v) is 5.42. The van der Waals surface area contributed by atoms with Crippen LogP contribution in [0.15, 0.2) is 47.1 Å². The Labute approximate surface area is 103 Å². The van der Waals surface area contributed by atoms with E-state index in [1.54, 1.807) is 0 Å². The van der Waals surface area contributed by atoms with Crippen LogP contribution >= 0.6 is 0 Å². The molecular formula is C13H10N4O. The lowest BCUT2D eigenvalue weighted by molar-refractivity contribution is 0.307. The van der Waals surface area contributed by atoms with E-state index in [1.165, 1.54) is 0 Å². The Balaban J connectivity index is 2.32. The number of aromatic nitrogens is 2. The Bertz CT molecular complexity index is 727. The van der Waals surface area contributed by atoms with Crippen LogP contribution in [0.2, 0.25) is 0 Å². The zero-order valence-corrected chi connectivity index (χ0v) is 9.42. The van der Waals surface area contributed by atoms with Crippen molar-refractivity contribution in [2.75, 3.05) is 0 Å². The van der Waals surface area contributed by atoms with E-state index < -0.39 is 0 Å². The van der Waals surface area contributed by atoms with Crippen molar-refractivity contribution in [1.29, 1.82) is 5.41 Å². The molecule has 0 unspecified atom stereocenters. The van der Waals surface area contributed by atoms with E-state index in [-0.39, 0.29) is 11.5 Å². The molecule has 0 aliphatic rings. The van der Waals surface area contributed by atoms with Crippen molar-refractivity contribution >= 4 is 16.6 Å². The van der Waals surface area contributed by atoms with Crippen LogP contribution in [0.25, 0.3) is 22.0 Å². The summed E-state index contributed by atoms with van der Waals surface area (Å²) in [5.74, 6) is -0.154. The standard InChI is InChI=1S/C13H10N4O/c14-13(15)12-11(16-18-17-12)10-7-3-5-8-4-1-2-6-9(8)10/h1-7H,(H3,14,15). The lowest BCUT2D eigenvalue weighted by atomic mass is 10.0. The molecular weight excluding hydrogens is 228 g/mol. The van der Waals surface area contributed by atoms with Gasteiger partial charge in [0.2, 0.25) is 0 Å². The maximum atomic E-state index is 7.47. The van der Waals surface area contributed by atoms with Crippen LogP contribution in [0, 0.1) is 5.41 Å². The van der Waals surface area contributed by atoms with Gasteiger partial charge in [-0.1, -0.05) is 42.5 Å². The van der Waals surface area contributed by atoms with E-state index >= 15 is 0 Å². The Hall–Kier alpha value is -2.69. The summed E-state index contributed by atoms with van der Waals surface area (Å²) >= 11 is 0. The molecule has 18 heavy (non-hydrogen) atoms. The summed E-state index contributed by atoms with van der Waals surface area (Å²) in [6.45, 7) is 0. The normalized spacial score (nSPS) is 10.7. The second kappa shape index (κ2) is 3.96. The maximum absolute atomic E-state index is 7.47. The zero-order valence-electron chi connectivity index (χ0n) is 9.42. The number of nitrogens with zero attached hydrogens (tertiary/aromatic N) is 2. The second-order valence-electron chi connectivity index (χ2n) is 3.90. The van der Waals surface area contributed by atoms with Crippen LogP contribution in [-0.4, -0.2) is 16.1 Å². The number of benzene rings is 2. The first-order valence-electron chi connectivity index (χ1n) is 5.42. The monoisotopic (exact) mass is 238 g/mol. The molecule has 0 saturated heterocycles. The molecule has 0 radical (unpaired) electrons. The lowest BCUT2D eigenvalue weighted by Gasteiger charge is -2.03. The topological polar surface area (TPSA) is 88.8 Å². The molecule has 3 rings (SSSR count). The van der Waals surface area contributed by atoms with Crippen molar-refractivity contribution < 1.29 is 4.63 Å². The smallest absolute Gasteiger partial charge is 0.177 e. The molecule has 0 bridgehead atoms. The molecule has 0 fully saturated rings. The van der Waals surface area contributed by atoms with Gasteiger partial charge in [0.15, 0.2) is 5.69 Å². The Morgan fingerprint density at radius 3 is 2.67 bits per heavy atom. The van der Waals surface area contributed by atoms with Crippen LogP contribution in [-0.2, 0) is 0 Å². The molecule has 88 valence electrons. The summed E-state index contributed by atoms with van der Waals surface area (Å²) in [5, 5.41) is 17.1. The van der Waals surface area contributed by atoms with E-state index in [2.05, 4.69) is 14.9 Å². The molecule has 2 aromatic carbocycles. The Morgan fingerprint density at radius 2 is 1.83 bits per heavy atom. The fourth-order valence-corrected chi connectivity index (χ4v) is 1.97. The Kier molecular flexibility index (Phi) is 2.30. The summed E-state index contributed by atoms with van der Waals surface area (Å²) in [6.07, 6.45) is 0. The molecule has 1 heterocycles. The Morgan fingerprint density at radius 1 is 1.06 bits per heavy atom. The highest BCUT2D eigenvalue weighted by Crippen LogP contribution is 2.28. The molecule has 5 nitrogen and oxygen atoms in total. The first kappa shape index (κ1) is 10.5. The van der Waals surface area contributed by atoms with E-state index in [9.17, 15) is 0 Å². The van der Waals surface area contributed by atoms with Crippen molar-refractivity contribution in [3.63, 3.8) is 0 Å². The van der Waals surface area contributed by atoms with Gasteiger partial charge in [-0.15, -0.1) is 0 Å². The van der Waals surface area contributed by atoms with Gasteiger partial charge in [-0.2, -0.15) is 0 Å². The zero-order chi connectivity index (χ0) is 12.5. The number of hydrogen-bond acceptors (Lipinski definition) is 4. The third kappa shape index (κ3) is 1.53. The van der Waals surface area contributed by atoms with Gasteiger partial charge in [-0.05, 0) is 21.1 Å². The van der Waals surface area contributed by atoms with Gasteiger partial charge in [0.25, 0.3) is 0 Å². The summed E-state index contributed by atoms with van der Waals surface area (Å²) in [5.41, 5.74) is 7.09. The highest BCUT2D eigenvalue weighted by Gasteiger charge is 2.16. The number of fused-ring (bicyclic) bond motifs is 1. The van der Waals surface area contributed by atoms with Crippen molar-refractivity contribution in [1.82, 2.24) is 10.3 Å². The minimum absolute atomic E-state index is 0.154. The highest BCUT2D eigenvalue weighted by molar-refractivity contribution is 6.03. The molecule has 3 aromatic rings. The van der Waals surface area contributed by atoms with Gasteiger partial charge < -0.3 is 5.73 Å². The fourth-order valence-electron chi connectivity index (χ4n) is 1.97. The lowest BCUT2D eigenvalue weighted by Crippen LogP contribution is -2.12. The second-order valence-corrected chi connectivity index (χ2v) is 3.90. The predicted octanol–water partition coefficient (Wildman–Crippen LogP) is 2.17. The molecule has 0 aliphatic heterocycles.